The summed E-state index contributed by atoms with van der Waals surface area (Å²) < 4.78 is 11.9. The van der Waals surface area contributed by atoms with Gasteiger partial charge in [-0.2, -0.15) is 0 Å². The van der Waals surface area contributed by atoms with Gasteiger partial charge in [-0.25, -0.2) is 0 Å². The number of fused-ring (bicyclic) bond motifs is 3. The molecule has 2 amide bonds. The van der Waals surface area contributed by atoms with Gasteiger partial charge in [-0.05, 0) is 44.7 Å². The molecule has 8 heteroatoms. The quantitative estimate of drug-likeness (QED) is 0.370. The van der Waals surface area contributed by atoms with Gasteiger partial charge in [0, 0.05) is 37.3 Å². The molecule has 1 aliphatic heterocycles. The molecule has 3 aliphatic rings. The molecule has 1 fully saturated rings. The molecule has 1 saturated carbocycles. The molecule has 204 valence electrons. The third-order valence-corrected chi connectivity index (χ3v) is 7.79. The van der Waals surface area contributed by atoms with E-state index in [2.05, 4.69) is 5.32 Å². The number of hydrogen-bond donors (Lipinski definition) is 3. The highest BCUT2D eigenvalue weighted by molar-refractivity contribution is 5.96. The molecule has 0 spiro atoms. The first kappa shape index (κ1) is 27.6. The fraction of sp³-hybridized carbons (Fsp3) is 0.655. The molecular weight excluding hydrogens is 472 g/mol. The van der Waals surface area contributed by atoms with Crippen molar-refractivity contribution in [3.63, 3.8) is 0 Å². The van der Waals surface area contributed by atoms with Crippen molar-refractivity contribution in [2.45, 2.75) is 89.1 Å². The summed E-state index contributed by atoms with van der Waals surface area (Å²) in [5.74, 6) is 0.450. The van der Waals surface area contributed by atoms with E-state index in [1.807, 2.05) is 38.1 Å². The van der Waals surface area contributed by atoms with Crippen molar-refractivity contribution < 1.29 is 29.3 Å². The van der Waals surface area contributed by atoms with Crippen LogP contribution in [0.3, 0.4) is 0 Å². The molecule has 4 atom stereocenters. The van der Waals surface area contributed by atoms with Crippen LogP contribution in [0.5, 0.6) is 5.75 Å². The van der Waals surface area contributed by atoms with Crippen LogP contribution >= 0.6 is 0 Å². The molecule has 2 aliphatic carbocycles. The van der Waals surface area contributed by atoms with Gasteiger partial charge in [-0.1, -0.05) is 43.9 Å². The number of benzene rings is 1. The number of hydrogen-bond acceptors (Lipinski definition) is 6. The van der Waals surface area contributed by atoms with Crippen LogP contribution in [0, 0.1) is 5.92 Å². The van der Waals surface area contributed by atoms with Gasteiger partial charge in [0.1, 0.15) is 18.0 Å². The van der Waals surface area contributed by atoms with Crippen molar-refractivity contribution in [3.8, 4) is 5.75 Å². The number of nitrogens with zero attached hydrogens (tertiary/aromatic N) is 1. The third-order valence-electron chi connectivity index (χ3n) is 7.79. The van der Waals surface area contributed by atoms with Crippen molar-refractivity contribution in [3.05, 3.63) is 41.5 Å². The highest BCUT2D eigenvalue weighted by Crippen LogP contribution is 2.47. The van der Waals surface area contributed by atoms with E-state index in [0.717, 1.165) is 12.0 Å². The van der Waals surface area contributed by atoms with Gasteiger partial charge in [0.2, 0.25) is 11.8 Å². The van der Waals surface area contributed by atoms with Crippen LogP contribution < -0.4 is 10.1 Å². The number of aliphatic hydroxyl groups excluding tert-OH is 2. The second kappa shape index (κ2) is 12.9. The molecule has 0 aromatic heterocycles. The Balaban J connectivity index is 1.61. The summed E-state index contributed by atoms with van der Waals surface area (Å²) in [6.07, 6.45) is 6.88. The summed E-state index contributed by atoms with van der Waals surface area (Å²) in [6.45, 7) is 4.84. The molecule has 0 radical (unpaired) electrons. The molecule has 37 heavy (non-hydrogen) atoms. The summed E-state index contributed by atoms with van der Waals surface area (Å²) in [5, 5.41) is 23.6. The van der Waals surface area contributed by atoms with Crippen molar-refractivity contribution in [2.75, 3.05) is 26.3 Å². The summed E-state index contributed by atoms with van der Waals surface area (Å²) >= 11 is 0. The molecule has 4 rings (SSSR count). The van der Waals surface area contributed by atoms with E-state index >= 15 is 0 Å². The summed E-state index contributed by atoms with van der Waals surface area (Å²) in [4.78, 5) is 28.6. The molecule has 1 aromatic rings. The Morgan fingerprint density at radius 3 is 2.70 bits per heavy atom. The zero-order valence-electron chi connectivity index (χ0n) is 22.1. The van der Waals surface area contributed by atoms with E-state index in [1.165, 1.54) is 25.7 Å². The third kappa shape index (κ3) is 6.54. The first-order chi connectivity index (χ1) is 17.9. The fourth-order valence-corrected chi connectivity index (χ4v) is 5.96. The Labute approximate surface area is 220 Å². The predicted molar refractivity (Wildman–Crippen MR) is 140 cm³/mol. The molecule has 1 heterocycles. The molecule has 3 N–H and O–H groups in total. The number of ether oxygens (including phenoxy) is 2. The fourth-order valence-electron chi connectivity index (χ4n) is 5.96. The standard InChI is InChI=1S/C29H42N2O6/c1-19(2)36-17-7-15-31(25(33)13-12-20-8-3-4-9-20)23-18-22(29(35)30-14-16-32)26-21-10-5-6-11-24(21)37-28(26)27(23)34/h5-6,10-11,18-20,23,26-28,32,34H,3-4,7-9,12-17H2,1-2H3,(H,30,35)/t23-,26+,27+,28+/m1/s1. The first-order valence-electron chi connectivity index (χ1n) is 13.9. The SMILES string of the molecule is CC(C)OCCCN(C(=O)CCC1CCCC1)[C@@H]1C=C(C(=O)NCCO)[C@@H]2c3ccccc3O[C@@H]2[C@H]1O. The van der Waals surface area contributed by atoms with Gasteiger partial charge < -0.3 is 29.9 Å². The number of aliphatic hydroxyl groups is 2. The minimum Gasteiger partial charge on any atom is -0.486 e. The van der Waals surface area contributed by atoms with E-state index in [9.17, 15) is 19.8 Å². The molecule has 0 saturated heterocycles. The predicted octanol–water partition coefficient (Wildman–Crippen LogP) is 2.92. The molecule has 0 bridgehead atoms. The largest absolute Gasteiger partial charge is 0.486 e. The lowest BCUT2D eigenvalue weighted by Crippen LogP contribution is -2.56. The van der Waals surface area contributed by atoms with E-state index in [1.54, 1.807) is 11.0 Å². The normalized spacial score (nSPS) is 24.8. The number of carbonyl (C=O) groups is 2. The van der Waals surface area contributed by atoms with Gasteiger partial charge in [0.15, 0.2) is 0 Å². The first-order valence-corrected chi connectivity index (χ1v) is 13.9. The van der Waals surface area contributed by atoms with Gasteiger partial charge in [-0.15, -0.1) is 0 Å². The van der Waals surface area contributed by atoms with Gasteiger partial charge >= 0.3 is 0 Å². The average Bonchev–Trinajstić information content (AvgIpc) is 3.55. The summed E-state index contributed by atoms with van der Waals surface area (Å²) in [5.41, 5.74) is 1.31. The topological polar surface area (TPSA) is 108 Å². The highest BCUT2D eigenvalue weighted by atomic mass is 16.5. The Morgan fingerprint density at radius 2 is 1.97 bits per heavy atom. The zero-order valence-corrected chi connectivity index (χ0v) is 22.1. The number of rotatable bonds is 12. The minimum absolute atomic E-state index is 0.0131. The van der Waals surface area contributed by atoms with Crippen LogP contribution in [0.1, 0.15) is 70.3 Å². The van der Waals surface area contributed by atoms with Crippen LogP contribution in [-0.2, 0) is 14.3 Å². The van der Waals surface area contributed by atoms with Crippen LogP contribution in [0.25, 0.3) is 0 Å². The summed E-state index contributed by atoms with van der Waals surface area (Å²) in [7, 11) is 0. The van der Waals surface area contributed by atoms with Crippen LogP contribution in [0.15, 0.2) is 35.9 Å². The lowest BCUT2D eigenvalue weighted by molar-refractivity contribution is -0.137. The van der Waals surface area contributed by atoms with E-state index in [4.69, 9.17) is 9.47 Å². The molecule has 1 aromatic carbocycles. The van der Waals surface area contributed by atoms with Gasteiger partial charge in [0.05, 0.1) is 24.7 Å². The Bertz CT molecular complexity index is 957. The second-order valence-electron chi connectivity index (χ2n) is 10.7. The number of carbonyl (C=O) groups excluding carboxylic acids is 2. The van der Waals surface area contributed by atoms with Gasteiger partial charge in [-0.3, -0.25) is 9.59 Å². The maximum Gasteiger partial charge on any atom is 0.247 e. The summed E-state index contributed by atoms with van der Waals surface area (Å²) in [6, 6.07) is 6.81. The maximum absolute atomic E-state index is 13.6. The van der Waals surface area contributed by atoms with Crippen molar-refractivity contribution >= 4 is 11.8 Å². The Hall–Kier alpha value is -2.42. The Morgan fingerprint density at radius 1 is 1.22 bits per heavy atom. The number of nitrogens with one attached hydrogen (secondary N) is 1. The average molecular weight is 515 g/mol. The highest BCUT2D eigenvalue weighted by Gasteiger charge is 2.50. The maximum atomic E-state index is 13.6. The minimum atomic E-state index is -0.992. The van der Waals surface area contributed by atoms with E-state index < -0.39 is 24.2 Å². The Kier molecular flexibility index (Phi) is 9.62. The number of amides is 2. The molecule has 0 unspecified atom stereocenters. The molecule has 8 nitrogen and oxygen atoms in total. The van der Waals surface area contributed by atoms with Crippen molar-refractivity contribution in [1.82, 2.24) is 10.2 Å². The van der Waals surface area contributed by atoms with Crippen molar-refractivity contribution in [1.29, 1.82) is 0 Å². The van der Waals surface area contributed by atoms with Gasteiger partial charge in [0.25, 0.3) is 0 Å². The monoisotopic (exact) mass is 514 g/mol. The zero-order chi connectivity index (χ0) is 26.4. The lowest BCUT2D eigenvalue weighted by Gasteiger charge is -2.41. The van der Waals surface area contributed by atoms with Crippen LogP contribution in [0.2, 0.25) is 0 Å². The second-order valence-corrected chi connectivity index (χ2v) is 10.7. The van der Waals surface area contributed by atoms with E-state index in [-0.39, 0.29) is 31.1 Å². The smallest absolute Gasteiger partial charge is 0.247 e. The lowest BCUT2D eigenvalue weighted by atomic mass is 9.77. The molecular formula is C29H42N2O6. The van der Waals surface area contributed by atoms with Crippen LogP contribution in [-0.4, -0.2) is 77.6 Å². The van der Waals surface area contributed by atoms with E-state index in [0.29, 0.717) is 43.2 Å². The van der Waals surface area contributed by atoms with Crippen molar-refractivity contribution in [2.24, 2.45) is 5.92 Å². The number of para-hydroxylation sites is 1. The van der Waals surface area contributed by atoms with Crippen LogP contribution in [0.4, 0.5) is 0 Å².